The van der Waals surface area contributed by atoms with Gasteiger partial charge >= 0.3 is 0 Å². The molecule has 2 aliphatic heterocycles. The van der Waals surface area contributed by atoms with Crippen molar-refractivity contribution in [3.05, 3.63) is 34.9 Å². The second kappa shape index (κ2) is 6.73. The second-order valence-electron chi connectivity index (χ2n) is 8.47. The highest BCUT2D eigenvalue weighted by molar-refractivity contribution is 6.05. The van der Waals surface area contributed by atoms with Gasteiger partial charge in [0, 0.05) is 37.7 Å². The molecule has 0 radical (unpaired) electrons. The molecule has 144 valence electrons. The Balaban J connectivity index is 1.39. The Labute approximate surface area is 158 Å². The molecule has 1 atom stereocenters. The van der Waals surface area contributed by atoms with Gasteiger partial charge in [-0.05, 0) is 41.9 Å². The minimum Gasteiger partial charge on any atom is -0.328 e. The summed E-state index contributed by atoms with van der Waals surface area (Å²) in [5.41, 5.74) is 8.90. The van der Waals surface area contributed by atoms with Gasteiger partial charge in [-0.15, -0.1) is 0 Å². The van der Waals surface area contributed by atoms with Crippen LogP contribution < -0.4 is 16.4 Å². The van der Waals surface area contributed by atoms with E-state index in [0.29, 0.717) is 24.6 Å². The molecule has 4 N–H and O–H groups in total. The lowest BCUT2D eigenvalue weighted by Crippen LogP contribution is -2.52. The molecule has 1 aromatic carbocycles. The number of hydrogen-bond acceptors (Lipinski definition) is 5. The smallest absolute Gasteiger partial charge is 0.255 e. The zero-order valence-corrected chi connectivity index (χ0v) is 15.6. The molecule has 1 saturated heterocycles. The molecule has 1 aromatic rings. The summed E-state index contributed by atoms with van der Waals surface area (Å²) in [6, 6.07) is 5.63. The lowest BCUT2D eigenvalue weighted by atomic mass is 9.67. The van der Waals surface area contributed by atoms with Crippen LogP contribution in [0.5, 0.6) is 0 Å². The summed E-state index contributed by atoms with van der Waals surface area (Å²) in [5.74, 6) is -0.772. The quantitative estimate of drug-likeness (QED) is 0.661. The third-order valence-corrected chi connectivity index (χ3v) is 5.98. The largest absolute Gasteiger partial charge is 0.328 e. The average molecular weight is 370 g/mol. The molecule has 3 amide bonds. The maximum atomic E-state index is 12.7. The normalized spacial score (nSPS) is 30.1. The van der Waals surface area contributed by atoms with E-state index in [1.807, 2.05) is 18.2 Å². The van der Waals surface area contributed by atoms with Gasteiger partial charge in [-0.25, -0.2) is 0 Å². The van der Waals surface area contributed by atoms with Gasteiger partial charge in [-0.2, -0.15) is 0 Å². The molecule has 0 bridgehead atoms. The molecule has 2 heterocycles. The van der Waals surface area contributed by atoms with Crippen molar-refractivity contribution >= 4 is 17.7 Å². The van der Waals surface area contributed by atoms with Gasteiger partial charge in [-0.1, -0.05) is 19.1 Å². The van der Waals surface area contributed by atoms with Crippen molar-refractivity contribution < 1.29 is 14.4 Å². The molecule has 1 aliphatic carbocycles. The van der Waals surface area contributed by atoms with E-state index in [9.17, 15) is 14.4 Å². The lowest BCUT2D eigenvalue weighted by Gasteiger charge is -2.43. The van der Waals surface area contributed by atoms with Crippen LogP contribution in [0.3, 0.4) is 0 Å². The van der Waals surface area contributed by atoms with E-state index in [1.165, 1.54) is 0 Å². The molecular formula is C20H26N4O3. The van der Waals surface area contributed by atoms with E-state index in [2.05, 4.69) is 17.6 Å². The first-order valence-corrected chi connectivity index (χ1v) is 9.57. The third kappa shape index (κ3) is 3.49. The highest BCUT2D eigenvalue weighted by Crippen LogP contribution is 2.38. The van der Waals surface area contributed by atoms with E-state index >= 15 is 0 Å². The Morgan fingerprint density at radius 1 is 1.30 bits per heavy atom. The van der Waals surface area contributed by atoms with Crippen LogP contribution in [0.25, 0.3) is 0 Å². The van der Waals surface area contributed by atoms with E-state index in [1.54, 1.807) is 4.90 Å². The number of amides is 3. The molecule has 7 nitrogen and oxygen atoms in total. The van der Waals surface area contributed by atoms with E-state index in [0.717, 1.165) is 37.1 Å². The van der Waals surface area contributed by atoms with Crippen LogP contribution in [0.1, 0.15) is 54.1 Å². The Kier molecular flexibility index (Phi) is 4.52. The summed E-state index contributed by atoms with van der Waals surface area (Å²) >= 11 is 0. The lowest BCUT2D eigenvalue weighted by molar-refractivity contribution is -0.136. The molecule has 4 rings (SSSR count). The third-order valence-electron chi connectivity index (χ3n) is 5.98. The number of hydrogen-bond donors (Lipinski definition) is 3. The highest BCUT2D eigenvalue weighted by atomic mass is 16.2. The number of nitrogens with zero attached hydrogens (tertiary/aromatic N) is 1. The highest BCUT2D eigenvalue weighted by Gasteiger charge is 2.39. The maximum absolute atomic E-state index is 12.7. The Hall–Kier alpha value is -2.25. The van der Waals surface area contributed by atoms with Crippen molar-refractivity contribution in [2.24, 2.45) is 11.1 Å². The van der Waals surface area contributed by atoms with Crippen LogP contribution in [0.4, 0.5) is 0 Å². The molecule has 0 aromatic heterocycles. The first kappa shape index (κ1) is 18.1. The fraction of sp³-hybridized carbons (Fsp3) is 0.550. The van der Waals surface area contributed by atoms with Crippen molar-refractivity contribution in [2.45, 2.75) is 57.8 Å². The van der Waals surface area contributed by atoms with Crippen LogP contribution in [0.2, 0.25) is 0 Å². The summed E-state index contributed by atoms with van der Waals surface area (Å²) in [5, 5.41) is 5.83. The maximum Gasteiger partial charge on any atom is 0.255 e. The van der Waals surface area contributed by atoms with Crippen molar-refractivity contribution in [3.63, 3.8) is 0 Å². The van der Waals surface area contributed by atoms with Gasteiger partial charge in [0.15, 0.2) is 0 Å². The molecule has 0 spiro atoms. The number of rotatable bonds is 5. The zero-order valence-electron chi connectivity index (χ0n) is 15.6. The molecule has 7 heteroatoms. The van der Waals surface area contributed by atoms with E-state index in [4.69, 9.17) is 5.73 Å². The number of imide groups is 1. The zero-order chi connectivity index (χ0) is 19.2. The SMILES string of the molecule is CC1(CNCc2ccc3c(c2)CN(C2CCC(=O)NC2=O)C3=O)CC(N)C1. The van der Waals surface area contributed by atoms with Crippen molar-refractivity contribution in [1.29, 1.82) is 0 Å². The van der Waals surface area contributed by atoms with Crippen LogP contribution >= 0.6 is 0 Å². The number of piperidine rings is 1. The number of carbonyl (C=O) groups is 3. The first-order chi connectivity index (χ1) is 12.8. The molecular weight excluding hydrogens is 344 g/mol. The van der Waals surface area contributed by atoms with Crippen LogP contribution in [-0.4, -0.2) is 41.2 Å². The minimum atomic E-state index is -0.563. The van der Waals surface area contributed by atoms with E-state index in [-0.39, 0.29) is 29.6 Å². The molecule has 2 fully saturated rings. The standard InChI is InChI=1S/C20H26N4O3/c1-20(7-14(21)8-20)11-22-9-12-2-3-15-13(6-12)10-24(19(15)27)16-4-5-17(25)23-18(16)26/h2-3,6,14,16,22H,4-5,7-11,21H2,1H3,(H,23,25,26). The van der Waals surface area contributed by atoms with Crippen LogP contribution in [-0.2, 0) is 22.7 Å². The Morgan fingerprint density at radius 3 is 2.78 bits per heavy atom. The van der Waals surface area contributed by atoms with Gasteiger partial charge in [0.2, 0.25) is 11.8 Å². The number of nitrogens with one attached hydrogen (secondary N) is 2. The summed E-state index contributed by atoms with van der Waals surface area (Å²) in [6.07, 6.45) is 2.77. The topological polar surface area (TPSA) is 105 Å². The number of fused-ring (bicyclic) bond motifs is 1. The van der Waals surface area contributed by atoms with E-state index < -0.39 is 6.04 Å². The average Bonchev–Trinajstić information content (AvgIpc) is 2.90. The molecule has 3 aliphatic rings. The first-order valence-electron chi connectivity index (χ1n) is 9.57. The van der Waals surface area contributed by atoms with Gasteiger partial charge < -0.3 is 16.0 Å². The minimum absolute atomic E-state index is 0.130. The Morgan fingerprint density at radius 2 is 2.07 bits per heavy atom. The predicted molar refractivity (Wildman–Crippen MR) is 99.5 cm³/mol. The fourth-order valence-corrected chi connectivity index (χ4v) is 4.60. The van der Waals surface area contributed by atoms with Crippen molar-refractivity contribution in [2.75, 3.05) is 6.54 Å². The van der Waals surface area contributed by atoms with Gasteiger partial charge in [0.05, 0.1) is 0 Å². The van der Waals surface area contributed by atoms with Crippen LogP contribution in [0, 0.1) is 5.41 Å². The monoisotopic (exact) mass is 370 g/mol. The molecule has 27 heavy (non-hydrogen) atoms. The summed E-state index contributed by atoms with van der Waals surface area (Å²) in [7, 11) is 0. The van der Waals surface area contributed by atoms with Gasteiger partial charge in [-0.3, -0.25) is 19.7 Å². The van der Waals surface area contributed by atoms with Crippen molar-refractivity contribution in [3.8, 4) is 0 Å². The number of benzene rings is 1. The summed E-state index contributed by atoms with van der Waals surface area (Å²) in [6.45, 7) is 4.34. The summed E-state index contributed by atoms with van der Waals surface area (Å²) < 4.78 is 0. The van der Waals surface area contributed by atoms with Crippen LogP contribution in [0.15, 0.2) is 18.2 Å². The molecule has 1 saturated carbocycles. The van der Waals surface area contributed by atoms with Gasteiger partial charge in [0.1, 0.15) is 6.04 Å². The number of carbonyl (C=O) groups excluding carboxylic acids is 3. The van der Waals surface area contributed by atoms with Crippen molar-refractivity contribution in [1.82, 2.24) is 15.5 Å². The Bertz CT molecular complexity index is 800. The predicted octanol–water partition coefficient (Wildman–Crippen LogP) is 0.665. The summed E-state index contributed by atoms with van der Waals surface area (Å²) in [4.78, 5) is 37.7. The van der Waals surface area contributed by atoms with Gasteiger partial charge in [0.25, 0.3) is 5.91 Å². The second-order valence-corrected chi connectivity index (χ2v) is 8.47. The fourth-order valence-electron chi connectivity index (χ4n) is 4.60. The molecule has 1 unspecified atom stereocenters. The number of nitrogens with two attached hydrogens (primary N) is 1.